The van der Waals surface area contributed by atoms with Gasteiger partial charge in [0, 0.05) is 5.02 Å². The number of carboxylic acid groups (broad SMARTS) is 1. The summed E-state index contributed by atoms with van der Waals surface area (Å²) < 4.78 is 0. The molecule has 0 saturated carbocycles. The molecule has 0 saturated heterocycles. The zero-order chi connectivity index (χ0) is 13.1. The molecule has 0 heterocycles. The van der Waals surface area contributed by atoms with Gasteiger partial charge in [-0.05, 0) is 55.4 Å². The zero-order valence-corrected chi connectivity index (χ0v) is 11.2. The second kappa shape index (κ2) is 5.57. The number of hydrogen-bond acceptors (Lipinski definition) is 1. The lowest BCUT2D eigenvalue weighted by Crippen LogP contribution is -2.07. The van der Waals surface area contributed by atoms with E-state index < -0.39 is 11.9 Å². The van der Waals surface area contributed by atoms with E-state index in [2.05, 4.69) is 6.08 Å². The molecule has 0 fully saturated rings. The third kappa shape index (κ3) is 2.75. The van der Waals surface area contributed by atoms with Crippen LogP contribution in [0.15, 0.2) is 24.3 Å². The highest BCUT2D eigenvalue weighted by Gasteiger charge is 2.16. The minimum atomic E-state index is -0.823. The van der Waals surface area contributed by atoms with Crippen molar-refractivity contribution in [3.05, 3.63) is 40.4 Å². The molecule has 0 radical (unpaired) electrons. The molecule has 96 valence electrons. The van der Waals surface area contributed by atoms with Gasteiger partial charge in [-0.3, -0.25) is 4.79 Å². The van der Waals surface area contributed by atoms with Crippen molar-refractivity contribution >= 4 is 23.1 Å². The molecular formula is C15H17ClO2. The average molecular weight is 265 g/mol. The number of hydrogen-bond donors (Lipinski definition) is 1. The highest BCUT2D eigenvalue weighted by molar-refractivity contribution is 6.32. The van der Waals surface area contributed by atoms with Crippen molar-refractivity contribution < 1.29 is 9.90 Å². The van der Waals surface area contributed by atoms with E-state index >= 15 is 0 Å². The lowest BCUT2D eigenvalue weighted by molar-refractivity contribution is -0.138. The van der Waals surface area contributed by atoms with E-state index in [0.717, 1.165) is 24.0 Å². The van der Waals surface area contributed by atoms with Gasteiger partial charge in [0.1, 0.15) is 0 Å². The third-order valence-electron chi connectivity index (χ3n) is 3.50. The monoisotopic (exact) mass is 264 g/mol. The van der Waals surface area contributed by atoms with Crippen LogP contribution < -0.4 is 0 Å². The summed E-state index contributed by atoms with van der Waals surface area (Å²) in [5.41, 5.74) is 3.10. The minimum absolute atomic E-state index is 0.517. The van der Waals surface area contributed by atoms with Crippen molar-refractivity contribution in [2.45, 2.75) is 38.5 Å². The van der Waals surface area contributed by atoms with Gasteiger partial charge in [0.05, 0.1) is 5.92 Å². The molecule has 1 aromatic carbocycles. The number of carboxylic acids is 1. The van der Waals surface area contributed by atoms with E-state index in [-0.39, 0.29) is 0 Å². The van der Waals surface area contributed by atoms with Gasteiger partial charge < -0.3 is 5.11 Å². The third-order valence-corrected chi connectivity index (χ3v) is 3.81. The predicted molar refractivity (Wildman–Crippen MR) is 73.9 cm³/mol. The van der Waals surface area contributed by atoms with Gasteiger partial charge in [-0.2, -0.15) is 0 Å². The van der Waals surface area contributed by atoms with Gasteiger partial charge in [-0.1, -0.05) is 29.8 Å². The van der Waals surface area contributed by atoms with E-state index in [1.807, 2.05) is 12.1 Å². The molecule has 0 bridgehead atoms. The lowest BCUT2D eigenvalue weighted by atomic mass is 9.91. The van der Waals surface area contributed by atoms with Crippen LogP contribution in [0.4, 0.5) is 0 Å². The maximum atomic E-state index is 10.9. The van der Waals surface area contributed by atoms with E-state index in [0.29, 0.717) is 5.02 Å². The molecule has 0 aliphatic heterocycles. The summed E-state index contributed by atoms with van der Waals surface area (Å²) >= 11 is 6.28. The fourth-order valence-electron chi connectivity index (χ4n) is 2.29. The Morgan fingerprint density at radius 2 is 2.17 bits per heavy atom. The van der Waals surface area contributed by atoms with Crippen LogP contribution in [-0.2, 0) is 4.79 Å². The van der Waals surface area contributed by atoms with E-state index in [1.165, 1.54) is 18.4 Å². The molecule has 0 aromatic heterocycles. The van der Waals surface area contributed by atoms with Gasteiger partial charge in [0.15, 0.2) is 0 Å². The second-order valence-corrected chi connectivity index (χ2v) is 5.18. The maximum Gasteiger partial charge on any atom is 0.310 e. The molecule has 1 aliphatic carbocycles. The highest BCUT2D eigenvalue weighted by atomic mass is 35.5. The molecule has 0 amide bonds. The smallest absolute Gasteiger partial charge is 0.310 e. The second-order valence-electron chi connectivity index (χ2n) is 4.77. The molecule has 3 heteroatoms. The van der Waals surface area contributed by atoms with Gasteiger partial charge in [0.2, 0.25) is 0 Å². The Morgan fingerprint density at radius 1 is 1.39 bits per heavy atom. The van der Waals surface area contributed by atoms with Crippen molar-refractivity contribution in [3.8, 4) is 0 Å². The van der Waals surface area contributed by atoms with Crippen LogP contribution in [0.2, 0.25) is 5.02 Å². The Kier molecular flexibility index (Phi) is 4.07. The summed E-state index contributed by atoms with van der Waals surface area (Å²) in [6.07, 6.45) is 6.86. The van der Waals surface area contributed by atoms with Crippen LogP contribution >= 0.6 is 11.6 Å². The summed E-state index contributed by atoms with van der Waals surface area (Å²) in [5.74, 6) is -1.34. The van der Waals surface area contributed by atoms with Crippen molar-refractivity contribution in [2.75, 3.05) is 0 Å². The molecule has 2 nitrogen and oxygen atoms in total. The maximum absolute atomic E-state index is 10.9. The van der Waals surface area contributed by atoms with Crippen molar-refractivity contribution in [1.82, 2.24) is 0 Å². The van der Waals surface area contributed by atoms with E-state index in [9.17, 15) is 4.79 Å². The first-order chi connectivity index (χ1) is 8.59. The predicted octanol–water partition coefficient (Wildman–Crippen LogP) is 4.49. The summed E-state index contributed by atoms with van der Waals surface area (Å²) in [6, 6.07) is 5.61. The fourth-order valence-corrected chi connectivity index (χ4v) is 2.60. The minimum Gasteiger partial charge on any atom is -0.481 e. The van der Waals surface area contributed by atoms with Crippen LogP contribution in [0.3, 0.4) is 0 Å². The first-order valence-corrected chi connectivity index (χ1v) is 6.69. The van der Waals surface area contributed by atoms with Crippen molar-refractivity contribution in [2.24, 2.45) is 0 Å². The molecule has 1 N–H and O–H groups in total. The molecule has 1 atom stereocenters. The number of benzene rings is 1. The normalized spacial score (nSPS) is 17.1. The SMILES string of the molecule is CC(C(=O)O)c1ccc(C2=CCCCC2)c(Cl)c1. The molecule has 1 aliphatic rings. The van der Waals surface area contributed by atoms with Crippen molar-refractivity contribution in [3.63, 3.8) is 0 Å². The first kappa shape index (κ1) is 13.2. The Morgan fingerprint density at radius 3 is 2.72 bits per heavy atom. The number of halogens is 1. The van der Waals surface area contributed by atoms with Crippen LogP contribution in [0.25, 0.3) is 5.57 Å². The molecular weight excluding hydrogens is 248 g/mol. The molecule has 18 heavy (non-hydrogen) atoms. The molecule has 1 aromatic rings. The van der Waals surface area contributed by atoms with E-state index in [1.54, 1.807) is 13.0 Å². The van der Waals surface area contributed by atoms with Gasteiger partial charge >= 0.3 is 5.97 Å². The first-order valence-electron chi connectivity index (χ1n) is 6.31. The topological polar surface area (TPSA) is 37.3 Å². The molecule has 0 spiro atoms. The van der Waals surface area contributed by atoms with Gasteiger partial charge in [0.25, 0.3) is 0 Å². The average Bonchev–Trinajstić information content (AvgIpc) is 2.38. The number of aliphatic carboxylic acids is 1. The fraction of sp³-hybridized carbons (Fsp3) is 0.400. The van der Waals surface area contributed by atoms with Crippen LogP contribution in [0.1, 0.15) is 49.7 Å². The standard InChI is InChI=1S/C15H17ClO2/c1-10(15(17)18)12-7-8-13(14(16)9-12)11-5-3-2-4-6-11/h5,7-10H,2-4,6H2,1H3,(H,17,18). The van der Waals surface area contributed by atoms with Gasteiger partial charge in [-0.15, -0.1) is 0 Å². The number of allylic oxidation sites excluding steroid dienone is 2. The quantitative estimate of drug-likeness (QED) is 0.874. The summed E-state index contributed by atoms with van der Waals surface area (Å²) in [5, 5.41) is 9.65. The van der Waals surface area contributed by atoms with Crippen LogP contribution in [-0.4, -0.2) is 11.1 Å². The largest absolute Gasteiger partial charge is 0.481 e. The Balaban J connectivity index is 2.30. The van der Waals surface area contributed by atoms with Gasteiger partial charge in [-0.25, -0.2) is 0 Å². The van der Waals surface area contributed by atoms with Crippen LogP contribution in [0, 0.1) is 0 Å². The highest BCUT2D eigenvalue weighted by Crippen LogP contribution is 2.33. The van der Waals surface area contributed by atoms with E-state index in [4.69, 9.17) is 16.7 Å². The molecule has 2 rings (SSSR count). The Labute approximate surface area is 112 Å². The van der Waals surface area contributed by atoms with Crippen LogP contribution in [0.5, 0.6) is 0 Å². The Bertz CT molecular complexity index is 491. The lowest BCUT2D eigenvalue weighted by Gasteiger charge is -2.16. The van der Waals surface area contributed by atoms with Crippen molar-refractivity contribution in [1.29, 1.82) is 0 Å². The molecule has 1 unspecified atom stereocenters. The summed E-state index contributed by atoms with van der Waals surface area (Å²) in [6.45, 7) is 1.67. The number of rotatable bonds is 3. The zero-order valence-electron chi connectivity index (χ0n) is 10.4. The summed E-state index contributed by atoms with van der Waals surface area (Å²) in [4.78, 5) is 10.9. The summed E-state index contributed by atoms with van der Waals surface area (Å²) in [7, 11) is 0. The number of carbonyl (C=O) groups is 1. The Hall–Kier alpha value is -1.28.